The van der Waals surface area contributed by atoms with E-state index in [0.29, 0.717) is 33.8 Å². The van der Waals surface area contributed by atoms with Crippen molar-refractivity contribution in [3.05, 3.63) is 40.4 Å². The van der Waals surface area contributed by atoms with Gasteiger partial charge in [-0.3, -0.25) is 4.79 Å². The number of aromatic nitrogens is 3. The summed E-state index contributed by atoms with van der Waals surface area (Å²) in [6, 6.07) is 6.70. The van der Waals surface area contributed by atoms with Crippen LogP contribution in [0.4, 0.5) is 5.69 Å². The van der Waals surface area contributed by atoms with Crippen molar-refractivity contribution in [1.29, 1.82) is 0 Å². The van der Waals surface area contributed by atoms with Crippen molar-refractivity contribution in [2.45, 2.75) is 23.6 Å². The molecule has 2 heterocycles. The van der Waals surface area contributed by atoms with Gasteiger partial charge in [-0.15, -0.1) is 0 Å². The zero-order chi connectivity index (χ0) is 14.1. The molecule has 0 saturated carbocycles. The van der Waals surface area contributed by atoms with Gasteiger partial charge in [0.15, 0.2) is 5.58 Å². The van der Waals surface area contributed by atoms with Crippen LogP contribution in [-0.2, 0) is 6.42 Å². The summed E-state index contributed by atoms with van der Waals surface area (Å²) < 4.78 is 5.59. The van der Waals surface area contributed by atoms with Crippen molar-refractivity contribution in [1.82, 2.24) is 15.0 Å². The quantitative estimate of drug-likeness (QED) is 0.566. The number of rotatable bonds is 3. The minimum Gasteiger partial charge on any atom is -0.431 e. The van der Waals surface area contributed by atoms with Gasteiger partial charge in [0.1, 0.15) is 16.4 Å². The van der Waals surface area contributed by atoms with Gasteiger partial charge < -0.3 is 15.1 Å². The molecule has 0 aliphatic carbocycles. The van der Waals surface area contributed by atoms with Crippen LogP contribution in [0, 0.1) is 0 Å². The molecule has 1 aromatic carbocycles. The van der Waals surface area contributed by atoms with Gasteiger partial charge in [0.25, 0.3) is 10.8 Å². The van der Waals surface area contributed by atoms with Gasteiger partial charge in [-0.2, -0.15) is 0 Å². The third-order valence-corrected chi connectivity index (χ3v) is 3.45. The van der Waals surface area contributed by atoms with Gasteiger partial charge in [-0.1, -0.05) is 6.92 Å². The maximum Gasteiger partial charge on any atom is 0.263 e. The molecule has 20 heavy (non-hydrogen) atoms. The molecule has 0 amide bonds. The molecule has 0 aliphatic rings. The molecule has 6 nitrogen and oxygen atoms in total. The van der Waals surface area contributed by atoms with E-state index in [9.17, 15) is 4.79 Å². The number of anilines is 1. The average molecular weight is 288 g/mol. The van der Waals surface area contributed by atoms with Crippen molar-refractivity contribution in [2.75, 3.05) is 5.73 Å². The number of nitrogen functional groups attached to an aromatic ring is 1. The number of hydrogen-bond donors (Lipinski definition) is 2. The number of nitrogens with two attached hydrogens (primary N) is 1. The molecule has 0 radical (unpaired) electrons. The number of hydrogen-bond acceptors (Lipinski definition) is 6. The smallest absolute Gasteiger partial charge is 0.263 e. The fraction of sp³-hybridized carbons (Fsp3) is 0.154. The Balaban J connectivity index is 1.96. The minimum atomic E-state index is -0.181. The first-order chi connectivity index (χ1) is 9.64. The number of nitrogens with one attached hydrogen (secondary N) is 1. The van der Waals surface area contributed by atoms with Crippen molar-refractivity contribution in [3.8, 4) is 0 Å². The van der Waals surface area contributed by atoms with Gasteiger partial charge in [0.05, 0.1) is 0 Å². The third-order valence-electron chi connectivity index (χ3n) is 2.69. The summed E-state index contributed by atoms with van der Waals surface area (Å²) in [4.78, 5) is 22.8. The van der Waals surface area contributed by atoms with Crippen molar-refractivity contribution < 1.29 is 4.42 Å². The summed E-state index contributed by atoms with van der Waals surface area (Å²) in [6.45, 7) is 1.93. The number of H-pyrrole nitrogens is 1. The molecule has 0 bridgehead atoms. The van der Waals surface area contributed by atoms with Crippen molar-refractivity contribution in [3.63, 3.8) is 0 Å². The van der Waals surface area contributed by atoms with Crippen molar-refractivity contribution in [2.24, 2.45) is 0 Å². The fourth-order valence-corrected chi connectivity index (χ4v) is 2.53. The van der Waals surface area contributed by atoms with E-state index in [1.165, 1.54) is 17.8 Å². The van der Waals surface area contributed by atoms with Crippen LogP contribution in [0.2, 0.25) is 0 Å². The molecule has 102 valence electrons. The molecule has 3 N–H and O–H groups in total. The number of aromatic amines is 1. The number of aryl methyl sites for hydroxylation is 1. The van der Waals surface area contributed by atoms with Gasteiger partial charge >= 0.3 is 0 Å². The number of nitrogens with zero attached hydrogens (tertiary/aromatic N) is 2. The second-order valence-electron chi connectivity index (χ2n) is 4.19. The van der Waals surface area contributed by atoms with Gasteiger partial charge in [0.2, 0.25) is 0 Å². The Morgan fingerprint density at radius 1 is 1.35 bits per heavy atom. The van der Waals surface area contributed by atoms with Crippen LogP contribution in [-0.4, -0.2) is 15.0 Å². The highest BCUT2D eigenvalue weighted by Gasteiger charge is 2.10. The maximum atomic E-state index is 11.5. The predicted octanol–water partition coefficient (Wildman–Crippen LogP) is 2.21. The molecule has 2 aromatic heterocycles. The van der Waals surface area contributed by atoms with Crippen molar-refractivity contribution >= 4 is 28.5 Å². The second kappa shape index (κ2) is 5.01. The van der Waals surface area contributed by atoms with E-state index in [0.717, 1.165) is 5.52 Å². The SMILES string of the molecule is CCc1nc(Sc2nc3ccc(N)cc3o2)cc(=O)[nH]1. The predicted molar refractivity (Wildman–Crippen MR) is 76.8 cm³/mol. The van der Waals surface area contributed by atoms with E-state index in [4.69, 9.17) is 10.2 Å². The van der Waals surface area contributed by atoms with E-state index in [-0.39, 0.29) is 5.56 Å². The highest BCUT2D eigenvalue weighted by molar-refractivity contribution is 7.99. The van der Waals surface area contributed by atoms with Crippen LogP contribution in [0.25, 0.3) is 11.1 Å². The molecule has 0 unspecified atom stereocenters. The highest BCUT2D eigenvalue weighted by Crippen LogP contribution is 2.28. The Morgan fingerprint density at radius 2 is 2.20 bits per heavy atom. The largest absolute Gasteiger partial charge is 0.431 e. The molecule has 3 rings (SSSR count). The zero-order valence-corrected chi connectivity index (χ0v) is 11.5. The van der Waals surface area contributed by atoms with Gasteiger partial charge in [0, 0.05) is 24.2 Å². The average Bonchev–Trinajstić information content (AvgIpc) is 2.79. The lowest BCUT2D eigenvalue weighted by molar-refractivity contribution is 0.489. The van der Waals surface area contributed by atoms with Gasteiger partial charge in [-0.25, -0.2) is 9.97 Å². The summed E-state index contributed by atoms with van der Waals surface area (Å²) >= 11 is 1.21. The first kappa shape index (κ1) is 12.7. The zero-order valence-electron chi connectivity index (χ0n) is 10.7. The van der Waals surface area contributed by atoms with Crippen LogP contribution in [0.15, 0.2) is 43.7 Å². The molecular weight excluding hydrogens is 276 g/mol. The Labute approximate surface area is 118 Å². The Bertz CT molecular complexity index is 825. The molecule has 3 aromatic rings. The first-order valence-electron chi connectivity index (χ1n) is 6.08. The Hall–Kier alpha value is -2.28. The van der Waals surface area contributed by atoms with Crippen LogP contribution < -0.4 is 11.3 Å². The van der Waals surface area contributed by atoms with Gasteiger partial charge in [-0.05, 0) is 23.9 Å². The van der Waals surface area contributed by atoms with E-state index in [2.05, 4.69) is 15.0 Å². The van der Waals surface area contributed by atoms with Crippen LogP contribution in [0.5, 0.6) is 0 Å². The molecular formula is C13H12N4O2S. The lowest BCUT2D eigenvalue weighted by Gasteiger charge is -1.98. The van der Waals surface area contributed by atoms with Crippen LogP contribution >= 0.6 is 11.8 Å². The summed E-state index contributed by atoms with van der Waals surface area (Å²) in [5.41, 5.74) is 7.47. The number of fused-ring (bicyclic) bond motifs is 1. The van der Waals surface area contributed by atoms with E-state index in [1.807, 2.05) is 6.92 Å². The molecule has 0 aliphatic heterocycles. The minimum absolute atomic E-state index is 0.181. The highest BCUT2D eigenvalue weighted by atomic mass is 32.2. The van der Waals surface area contributed by atoms with Crippen LogP contribution in [0.1, 0.15) is 12.7 Å². The molecule has 0 saturated heterocycles. The Kier molecular flexibility index (Phi) is 3.19. The lowest BCUT2D eigenvalue weighted by atomic mass is 10.3. The number of oxazole rings is 1. The lowest BCUT2D eigenvalue weighted by Crippen LogP contribution is -2.09. The van der Waals surface area contributed by atoms with E-state index in [1.54, 1.807) is 18.2 Å². The molecule has 0 spiro atoms. The third kappa shape index (κ3) is 2.53. The topological polar surface area (TPSA) is 97.8 Å². The summed E-state index contributed by atoms with van der Waals surface area (Å²) in [5, 5.41) is 0.996. The molecule has 0 fully saturated rings. The first-order valence-corrected chi connectivity index (χ1v) is 6.90. The Morgan fingerprint density at radius 3 is 3.00 bits per heavy atom. The second-order valence-corrected chi connectivity index (χ2v) is 5.16. The maximum absolute atomic E-state index is 11.5. The molecule has 0 atom stereocenters. The fourth-order valence-electron chi connectivity index (χ4n) is 1.76. The number of benzene rings is 1. The standard InChI is InChI=1S/C13H12N4O2S/c1-2-10-16-11(18)6-12(17-10)20-13-15-8-4-3-7(14)5-9(8)19-13/h3-6H,2,14H2,1H3,(H,16,17,18). The summed E-state index contributed by atoms with van der Waals surface area (Å²) in [6.07, 6.45) is 0.660. The van der Waals surface area contributed by atoms with E-state index < -0.39 is 0 Å². The normalized spacial score (nSPS) is 11.1. The summed E-state index contributed by atoms with van der Waals surface area (Å²) in [7, 11) is 0. The van der Waals surface area contributed by atoms with Crippen LogP contribution in [0.3, 0.4) is 0 Å². The van der Waals surface area contributed by atoms with E-state index >= 15 is 0 Å². The summed E-state index contributed by atoms with van der Waals surface area (Å²) in [5.74, 6) is 0.639. The monoisotopic (exact) mass is 288 g/mol. The molecule has 7 heteroatoms.